The van der Waals surface area contributed by atoms with Gasteiger partial charge in [0, 0.05) is 12.7 Å². The van der Waals surface area contributed by atoms with Crippen LogP contribution in [-0.4, -0.2) is 13.9 Å². The van der Waals surface area contributed by atoms with Gasteiger partial charge >= 0.3 is 0 Å². The Labute approximate surface area is 81.6 Å². The van der Waals surface area contributed by atoms with Crippen LogP contribution in [0.3, 0.4) is 0 Å². The summed E-state index contributed by atoms with van der Waals surface area (Å²) in [7, 11) is 1.58. The lowest BCUT2D eigenvalue weighted by Gasteiger charge is -2.06. The molecule has 0 saturated heterocycles. The van der Waals surface area contributed by atoms with Crippen LogP contribution in [0.5, 0.6) is 11.5 Å². The molecule has 1 aromatic carbocycles. The zero-order chi connectivity index (χ0) is 9.97. The van der Waals surface area contributed by atoms with Gasteiger partial charge in [-0.05, 0) is 12.1 Å². The van der Waals surface area contributed by atoms with E-state index < -0.39 is 0 Å². The van der Waals surface area contributed by atoms with Gasteiger partial charge in [-0.1, -0.05) is 0 Å². The van der Waals surface area contributed by atoms with Gasteiger partial charge in [0.25, 0.3) is 0 Å². The molecule has 0 aliphatic carbocycles. The fraction of sp³-hybridized carbons (Fsp3) is 0.300. The Morgan fingerprint density at radius 1 is 1.50 bits per heavy atom. The molecule has 0 unspecified atom stereocenters. The van der Waals surface area contributed by atoms with Crippen molar-refractivity contribution in [1.29, 1.82) is 5.26 Å². The monoisotopic (exact) mass is 191 g/mol. The molecule has 0 bridgehead atoms. The molecule has 72 valence electrons. The normalized spacial score (nSPS) is 12.6. The summed E-state index contributed by atoms with van der Waals surface area (Å²) in [4.78, 5) is 0. The summed E-state index contributed by atoms with van der Waals surface area (Å²) in [6.07, 6.45) is 0. The van der Waals surface area contributed by atoms with Gasteiger partial charge in [0.05, 0.1) is 18.2 Å². The van der Waals surface area contributed by atoms with Crippen molar-refractivity contribution in [1.82, 2.24) is 0 Å². The first kappa shape index (κ1) is 8.85. The number of fused-ring (bicyclic) bond motifs is 1. The molecule has 14 heavy (non-hydrogen) atoms. The average Bonchev–Trinajstić information content (AvgIpc) is 2.67. The highest BCUT2D eigenvalue weighted by molar-refractivity contribution is 5.55. The number of nitrogens with zero attached hydrogens (tertiary/aromatic N) is 1. The lowest BCUT2D eigenvalue weighted by molar-refractivity contribution is 0.162. The predicted octanol–water partition coefficient (Wildman–Crippen LogP) is 1.43. The minimum absolute atomic E-state index is 0.209. The zero-order valence-corrected chi connectivity index (χ0v) is 7.74. The van der Waals surface area contributed by atoms with E-state index in [1.165, 1.54) is 0 Å². The molecule has 0 radical (unpaired) electrons. The van der Waals surface area contributed by atoms with Gasteiger partial charge in [-0.3, -0.25) is 0 Å². The van der Waals surface area contributed by atoms with Gasteiger partial charge in [0.1, 0.15) is 0 Å². The Morgan fingerprint density at radius 3 is 3.07 bits per heavy atom. The first-order chi connectivity index (χ1) is 6.86. The second-order valence-electron chi connectivity index (χ2n) is 2.87. The van der Waals surface area contributed by atoms with Crippen molar-refractivity contribution in [2.45, 2.75) is 6.61 Å². The van der Waals surface area contributed by atoms with Crippen molar-refractivity contribution in [3.8, 4) is 17.6 Å². The number of rotatable bonds is 2. The van der Waals surface area contributed by atoms with E-state index in [2.05, 4.69) is 6.07 Å². The van der Waals surface area contributed by atoms with Crippen molar-refractivity contribution >= 4 is 0 Å². The third kappa shape index (κ3) is 1.28. The summed E-state index contributed by atoms with van der Waals surface area (Å²) < 4.78 is 15.5. The molecule has 1 aliphatic heterocycles. The van der Waals surface area contributed by atoms with Crippen LogP contribution < -0.4 is 9.47 Å². The van der Waals surface area contributed by atoms with Crippen LogP contribution in [0.2, 0.25) is 0 Å². The van der Waals surface area contributed by atoms with Gasteiger partial charge in [-0.25, -0.2) is 0 Å². The summed E-state index contributed by atoms with van der Waals surface area (Å²) in [5.74, 6) is 1.31. The number of methoxy groups -OCH3 is 1. The summed E-state index contributed by atoms with van der Waals surface area (Å²) in [6.45, 7) is 0.566. The van der Waals surface area contributed by atoms with Gasteiger partial charge < -0.3 is 14.2 Å². The quantitative estimate of drug-likeness (QED) is 0.709. The highest BCUT2D eigenvalue weighted by Gasteiger charge is 2.20. The summed E-state index contributed by atoms with van der Waals surface area (Å²) >= 11 is 0. The van der Waals surface area contributed by atoms with Crippen LogP contribution in [0, 0.1) is 11.3 Å². The molecule has 4 heteroatoms. The Hall–Kier alpha value is -1.73. The molecule has 0 atom stereocenters. The number of nitriles is 1. The van der Waals surface area contributed by atoms with Crippen LogP contribution >= 0.6 is 0 Å². The van der Waals surface area contributed by atoms with E-state index >= 15 is 0 Å². The predicted molar refractivity (Wildman–Crippen MR) is 48.0 cm³/mol. The Bertz CT molecular complexity index is 395. The summed E-state index contributed by atoms with van der Waals surface area (Å²) in [5.41, 5.74) is 1.32. The molecule has 0 N–H and O–H groups in total. The second-order valence-corrected chi connectivity index (χ2v) is 2.87. The van der Waals surface area contributed by atoms with Gasteiger partial charge in [-0.2, -0.15) is 5.26 Å². The average molecular weight is 191 g/mol. The van der Waals surface area contributed by atoms with Crippen LogP contribution in [0.1, 0.15) is 11.1 Å². The maximum Gasteiger partial charge on any atom is 0.231 e. The maximum atomic E-state index is 8.87. The van der Waals surface area contributed by atoms with E-state index in [-0.39, 0.29) is 6.79 Å². The fourth-order valence-electron chi connectivity index (χ4n) is 1.42. The topological polar surface area (TPSA) is 51.5 Å². The van der Waals surface area contributed by atoms with Crippen LogP contribution in [0.15, 0.2) is 12.1 Å². The van der Waals surface area contributed by atoms with Crippen LogP contribution in [-0.2, 0) is 11.3 Å². The molecule has 0 aromatic heterocycles. The van der Waals surface area contributed by atoms with Gasteiger partial charge in [0.2, 0.25) is 6.79 Å². The molecule has 0 fully saturated rings. The van der Waals surface area contributed by atoms with Crippen molar-refractivity contribution in [2.24, 2.45) is 0 Å². The van der Waals surface area contributed by atoms with E-state index in [1.807, 2.05) is 0 Å². The second kappa shape index (κ2) is 3.56. The Balaban J connectivity index is 2.52. The van der Waals surface area contributed by atoms with Crippen molar-refractivity contribution in [3.05, 3.63) is 23.3 Å². The van der Waals surface area contributed by atoms with E-state index in [9.17, 15) is 0 Å². The minimum atomic E-state index is 0.209. The van der Waals surface area contributed by atoms with Gasteiger partial charge in [-0.15, -0.1) is 0 Å². The van der Waals surface area contributed by atoms with E-state index in [1.54, 1.807) is 19.2 Å². The Kier molecular flexibility index (Phi) is 2.25. The molecule has 2 rings (SSSR count). The number of hydrogen-bond donors (Lipinski definition) is 0. The largest absolute Gasteiger partial charge is 0.454 e. The van der Waals surface area contributed by atoms with E-state index in [0.29, 0.717) is 23.7 Å². The minimum Gasteiger partial charge on any atom is -0.454 e. The molecule has 1 aliphatic rings. The molecule has 0 amide bonds. The third-order valence-electron chi connectivity index (χ3n) is 2.05. The fourth-order valence-corrected chi connectivity index (χ4v) is 1.42. The first-order valence-electron chi connectivity index (χ1n) is 4.17. The number of ether oxygens (including phenoxy) is 3. The van der Waals surface area contributed by atoms with E-state index in [4.69, 9.17) is 19.5 Å². The van der Waals surface area contributed by atoms with E-state index in [0.717, 1.165) is 5.56 Å². The summed E-state index contributed by atoms with van der Waals surface area (Å²) in [5, 5.41) is 8.87. The first-order valence-corrected chi connectivity index (χ1v) is 4.17. The lowest BCUT2D eigenvalue weighted by atomic mass is 10.1. The van der Waals surface area contributed by atoms with Crippen LogP contribution in [0.4, 0.5) is 0 Å². The number of hydrogen-bond acceptors (Lipinski definition) is 4. The maximum absolute atomic E-state index is 8.87. The van der Waals surface area contributed by atoms with Crippen molar-refractivity contribution < 1.29 is 14.2 Å². The molecule has 4 nitrogen and oxygen atoms in total. The molecule has 1 heterocycles. The highest BCUT2D eigenvalue weighted by Crippen LogP contribution is 2.37. The standard InChI is InChI=1S/C10H9NO3/c1-12-5-8-7(4-11)2-3-9-10(8)14-6-13-9/h2-3H,5-6H2,1H3. The highest BCUT2D eigenvalue weighted by atomic mass is 16.7. The molecule has 1 aromatic rings. The van der Waals surface area contributed by atoms with Gasteiger partial charge in [0.15, 0.2) is 11.5 Å². The SMILES string of the molecule is COCc1c(C#N)ccc2c1OCO2. The van der Waals surface area contributed by atoms with Crippen molar-refractivity contribution in [3.63, 3.8) is 0 Å². The smallest absolute Gasteiger partial charge is 0.231 e. The van der Waals surface area contributed by atoms with Crippen LogP contribution in [0.25, 0.3) is 0 Å². The lowest BCUT2D eigenvalue weighted by Crippen LogP contribution is -1.97. The summed E-state index contributed by atoms with van der Waals surface area (Å²) in [6, 6.07) is 5.54. The number of benzene rings is 1. The zero-order valence-electron chi connectivity index (χ0n) is 7.74. The molecule has 0 saturated carbocycles. The molecular weight excluding hydrogens is 182 g/mol. The third-order valence-corrected chi connectivity index (χ3v) is 2.05. The Morgan fingerprint density at radius 2 is 2.36 bits per heavy atom. The molecular formula is C10H9NO3. The van der Waals surface area contributed by atoms with Crippen molar-refractivity contribution in [2.75, 3.05) is 13.9 Å². The molecule has 0 spiro atoms.